The number of hydrogen-bond acceptors (Lipinski definition) is 3. The molecule has 0 radical (unpaired) electrons. The summed E-state index contributed by atoms with van der Waals surface area (Å²) in [6, 6.07) is 11.8. The van der Waals surface area contributed by atoms with E-state index < -0.39 is 27.6 Å². The Labute approximate surface area is 151 Å². The van der Waals surface area contributed by atoms with Gasteiger partial charge < -0.3 is 5.32 Å². The molecule has 2 aromatic rings. The lowest BCUT2D eigenvalue weighted by molar-refractivity contribution is -0.120. The van der Waals surface area contributed by atoms with E-state index in [1.54, 1.807) is 12.1 Å². The number of sulfonamides is 1. The fourth-order valence-corrected chi connectivity index (χ4v) is 3.17. The van der Waals surface area contributed by atoms with E-state index in [4.69, 9.17) is 0 Å². The van der Waals surface area contributed by atoms with E-state index in [2.05, 4.69) is 5.32 Å². The number of carbonyl (C=O) groups excluding carboxylic acids is 1. The van der Waals surface area contributed by atoms with Crippen molar-refractivity contribution < 1.29 is 22.0 Å². The molecule has 0 aromatic heterocycles. The number of halogens is 2. The lowest BCUT2D eigenvalue weighted by Gasteiger charge is -2.20. The molecule has 5 nitrogen and oxygen atoms in total. The topological polar surface area (TPSA) is 66.5 Å². The van der Waals surface area contributed by atoms with Gasteiger partial charge in [0.05, 0.1) is 12.7 Å². The molecule has 140 valence electrons. The third-order valence-electron chi connectivity index (χ3n) is 3.77. The highest BCUT2D eigenvalue weighted by atomic mass is 32.2. The molecule has 0 saturated carbocycles. The van der Waals surface area contributed by atoms with Gasteiger partial charge in [0, 0.05) is 25.2 Å². The summed E-state index contributed by atoms with van der Waals surface area (Å²) in [7, 11) is -3.59. The Hall–Kier alpha value is -2.32. The maximum atomic E-state index is 13.7. The molecule has 0 atom stereocenters. The smallest absolute Gasteiger partial charge is 0.224 e. The monoisotopic (exact) mass is 382 g/mol. The zero-order chi connectivity index (χ0) is 19.2. The van der Waals surface area contributed by atoms with E-state index in [1.165, 1.54) is 36.4 Å². The van der Waals surface area contributed by atoms with Crippen LogP contribution in [0.1, 0.15) is 11.1 Å². The normalized spacial score (nSPS) is 11.5. The molecule has 0 fully saturated rings. The van der Waals surface area contributed by atoms with Gasteiger partial charge in [0.2, 0.25) is 15.9 Å². The Morgan fingerprint density at radius 3 is 2.08 bits per heavy atom. The van der Waals surface area contributed by atoms with Gasteiger partial charge in [-0.05, 0) is 17.7 Å². The minimum atomic E-state index is -3.59. The molecule has 1 amide bonds. The summed E-state index contributed by atoms with van der Waals surface area (Å²) >= 11 is 0. The lowest BCUT2D eigenvalue weighted by atomic mass is 10.1. The van der Waals surface area contributed by atoms with E-state index in [0.717, 1.165) is 10.6 Å². The Kier molecular flexibility index (Phi) is 6.82. The highest BCUT2D eigenvalue weighted by Crippen LogP contribution is 2.12. The van der Waals surface area contributed by atoms with Crippen molar-refractivity contribution in [2.45, 2.75) is 13.0 Å². The van der Waals surface area contributed by atoms with E-state index in [-0.39, 0.29) is 37.2 Å². The van der Waals surface area contributed by atoms with Crippen LogP contribution < -0.4 is 5.32 Å². The summed E-state index contributed by atoms with van der Waals surface area (Å²) in [4.78, 5) is 11.9. The fraction of sp³-hybridized carbons (Fsp3) is 0.278. The minimum absolute atomic E-state index is 0.0177. The molecule has 0 aliphatic heterocycles. The predicted octanol–water partition coefficient (Wildman–Crippen LogP) is 2.09. The van der Waals surface area contributed by atoms with Crippen LogP contribution in [-0.4, -0.2) is 38.0 Å². The Balaban J connectivity index is 1.92. The average molecular weight is 382 g/mol. The van der Waals surface area contributed by atoms with Gasteiger partial charge in [-0.15, -0.1) is 0 Å². The number of amides is 1. The molecular weight excluding hydrogens is 362 g/mol. The molecule has 0 heterocycles. The lowest BCUT2D eigenvalue weighted by Crippen LogP contribution is -2.38. The van der Waals surface area contributed by atoms with Crippen molar-refractivity contribution in [3.63, 3.8) is 0 Å². The Bertz CT molecular complexity index is 872. The zero-order valence-electron chi connectivity index (χ0n) is 14.3. The minimum Gasteiger partial charge on any atom is -0.354 e. The van der Waals surface area contributed by atoms with E-state index in [1.807, 2.05) is 0 Å². The van der Waals surface area contributed by atoms with Gasteiger partial charge in [-0.3, -0.25) is 4.79 Å². The molecule has 0 aliphatic rings. The van der Waals surface area contributed by atoms with Crippen LogP contribution in [0.2, 0.25) is 0 Å². The van der Waals surface area contributed by atoms with E-state index in [9.17, 15) is 22.0 Å². The van der Waals surface area contributed by atoms with Crippen LogP contribution in [-0.2, 0) is 27.8 Å². The average Bonchev–Trinajstić information content (AvgIpc) is 2.57. The van der Waals surface area contributed by atoms with Gasteiger partial charge >= 0.3 is 0 Å². The van der Waals surface area contributed by atoms with Gasteiger partial charge in [-0.2, -0.15) is 4.31 Å². The molecule has 2 rings (SSSR count). The summed E-state index contributed by atoms with van der Waals surface area (Å²) in [6.07, 6.45) is 0.883. The highest BCUT2D eigenvalue weighted by Gasteiger charge is 2.18. The molecule has 2 aromatic carbocycles. The zero-order valence-corrected chi connectivity index (χ0v) is 15.1. The van der Waals surface area contributed by atoms with Crippen molar-refractivity contribution in [1.29, 1.82) is 0 Å². The summed E-state index contributed by atoms with van der Waals surface area (Å²) < 4.78 is 52.2. The molecular formula is C18H20F2N2O3S. The molecule has 0 saturated heterocycles. The Morgan fingerprint density at radius 2 is 1.54 bits per heavy atom. The van der Waals surface area contributed by atoms with E-state index >= 15 is 0 Å². The predicted molar refractivity (Wildman–Crippen MR) is 94.8 cm³/mol. The van der Waals surface area contributed by atoms with Crippen LogP contribution in [0.3, 0.4) is 0 Å². The highest BCUT2D eigenvalue weighted by molar-refractivity contribution is 7.88. The summed E-state index contributed by atoms with van der Waals surface area (Å²) in [5, 5.41) is 2.56. The maximum Gasteiger partial charge on any atom is 0.224 e. The van der Waals surface area contributed by atoms with Gasteiger partial charge in [-0.25, -0.2) is 17.2 Å². The number of nitrogens with one attached hydrogen (secondary N) is 1. The molecule has 0 bridgehead atoms. The third-order valence-corrected chi connectivity index (χ3v) is 5.02. The number of hydrogen-bond donors (Lipinski definition) is 1. The quantitative estimate of drug-likeness (QED) is 0.760. The van der Waals surface area contributed by atoms with Crippen LogP contribution in [0.4, 0.5) is 8.78 Å². The SMILES string of the molecule is CS(=O)(=O)N(CCNC(=O)Cc1ccccc1F)Cc1ccccc1F. The first-order chi connectivity index (χ1) is 12.3. The van der Waals surface area contributed by atoms with Crippen LogP contribution >= 0.6 is 0 Å². The van der Waals surface area contributed by atoms with Crippen LogP contribution in [0.5, 0.6) is 0 Å². The van der Waals surface area contributed by atoms with Crippen molar-refractivity contribution in [3.8, 4) is 0 Å². The second-order valence-corrected chi connectivity index (χ2v) is 7.79. The van der Waals surface area contributed by atoms with Gasteiger partial charge in [0.1, 0.15) is 11.6 Å². The second kappa shape index (κ2) is 8.86. The van der Waals surface area contributed by atoms with E-state index in [0.29, 0.717) is 0 Å². The number of benzene rings is 2. The summed E-state index contributed by atoms with van der Waals surface area (Å²) in [5.74, 6) is -1.39. The van der Waals surface area contributed by atoms with Crippen molar-refractivity contribution in [1.82, 2.24) is 9.62 Å². The van der Waals surface area contributed by atoms with Crippen molar-refractivity contribution in [3.05, 3.63) is 71.3 Å². The van der Waals surface area contributed by atoms with Crippen LogP contribution in [0.15, 0.2) is 48.5 Å². The first kappa shape index (κ1) is 20.0. The maximum absolute atomic E-state index is 13.7. The van der Waals surface area contributed by atoms with Crippen LogP contribution in [0.25, 0.3) is 0 Å². The number of rotatable bonds is 8. The molecule has 0 spiro atoms. The van der Waals surface area contributed by atoms with Gasteiger partial charge in [-0.1, -0.05) is 36.4 Å². The first-order valence-electron chi connectivity index (χ1n) is 7.96. The standard InChI is InChI=1S/C18H20F2N2O3S/c1-26(24,25)22(13-15-7-3-5-9-17(15)20)11-10-21-18(23)12-14-6-2-4-8-16(14)19/h2-9H,10-13H2,1H3,(H,21,23). The molecule has 26 heavy (non-hydrogen) atoms. The van der Waals surface area contributed by atoms with Crippen molar-refractivity contribution in [2.24, 2.45) is 0 Å². The fourth-order valence-electron chi connectivity index (χ4n) is 2.38. The number of carbonyl (C=O) groups is 1. The molecule has 0 unspecified atom stereocenters. The Morgan fingerprint density at radius 1 is 1.00 bits per heavy atom. The summed E-state index contributed by atoms with van der Waals surface area (Å²) in [6.45, 7) is -0.111. The second-order valence-electron chi connectivity index (χ2n) is 5.81. The van der Waals surface area contributed by atoms with Crippen molar-refractivity contribution >= 4 is 15.9 Å². The molecule has 8 heteroatoms. The van der Waals surface area contributed by atoms with Crippen LogP contribution in [0, 0.1) is 11.6 Å². The first-order valence-corrected chi connectivity index (χ1v) is 9.81. The molecule has 1 N–H and O–H groups in total. The largest absolute Gasteiger partial charge is 0.354 e. The molecule has 0 aliphatic carbocycles. The number of nitrogens with zero attached hydrogens (tertiary/aromatic N) is 1. The van der Waals surface area contributed by atoms with Crippen molar-refractivity contribution in [2.75, 3.05) is 19.3 Å². The van der Waals surface area contributed by atoms with Gasteiger partial charge in [0.25, 0.3) is 0 Å². The van der Waals surface area contributed by atoms with Gasteiger partial charge in [0.15, 0.2) is 0 Å². The summed E-state index contributed by atoms with van der Waals surface area (Å²) in [5.41, 5.74) is 0.506. The third kappa shape index (κ3) is 5.89.